The average Bonchev–Trinajstić information content (AvgIpc) is 3.07. The Bertz CT molecular complexity index is 420. The van der Waals surface area contributed by atoms with Crippen LogP contribution in [0.5, 0.6) is 5.75 Å². The minimum atomic E-state index is -0.481. The van der Waals surface area contributed by atoms with Gasteiger partial charge in [0.2, 0.25) is 0 Å². The van der Waals surface area contributed by atoms with Gasteiger partial charge in [0.05, 0.1) is 25.4 Å². The Labute approximate surface area is 113 Å². The van der Waals surface area contributed by atoms with Crippen LogP contribution in [0.1, 0.15) is 30.9 Å². The van der Waals surface area contributed by atoms with E-state index in [9.17, 15) is 5.11 Å². The Hall–Kier alpha value is -1.10. The number of methoxy groups -OCH3 is 1. The lowest BCUT2D eigenvalue weighted by atomic mass is 9.95. The van der Waals surface area contributed by atoms with E-state index in [2.05, 4.69) is 5.32 Å². The second-order valence-corrected chi connectivity index (χ2v) is 5.41. The van der Waals surface area contributed by atoms with Crippen molar-refractivity contribution in [1.29, 1.82) is 0 Å². The maximum absolute atomic E-state index is 10.2. The summed E-state index contributed by atoms with van der Waals surface area (Å²) < 4.78 is 10.9. The second kappa shape index (κ2) is 5.49. The fraction of sp³-hybridized carbons (Fsp3) is 0.600. The first kappa shape index (κ1) is 12.9. The average molecular weight is 263 g/mol. The SMILES string of the molecule is COc1ccc(C(O)CNC2CC3CCC2O3)cc1. The minimum Gasteiger partial charge on any atom is -0.497 e. The molecule has 2 aliphatic rings. The predicted octanol–water partition coefficient (Wildman–Crippen LogP) is 1.64. The molecule has 4 nitrogen and oxygen atoms in total. The number of aliphatic hydroxyl groups is 1. The van der Waals surface area contributed by atoms with Crippen LogP contribution in [0.15, 0.2) is 24.3 Å². The Morgan fingerprint density at radius 3 is 2.74 bits per heavy atom. The highest BCUT2D eigenvalue weighted by Crippen LogP contribution is 2.34. The van der Waals surface area contributed by atoms with Crippen LogP contribution in [-0.4, -0.2) is 37.0 Å². The molecule has 0 amide bonds. The maximum Gasteiger partial charge on any atom is 0.118 e. The molecule has 0 aliphatic carbocycles. The zero-order chi connectivity index (χ0) is 13.2. The topological polar surface area (TPSA) is 50.7 Å². The van der Waals surface area contributed by atoms with Crippen molar-refractivity contribution < 1.29 is 14.6 Å². The van der Waals surface area contributed by atoms with E-state index in [1.165, 1.54) is 6.42 Å². The molecule has 2 fully saturated rings. The van der Waals surface area contributed by atoms with Gasteiger partial charge in [-0.05, 0) is 37.0 Å². The summed E-state index contributed by atoms with van der Waals surface area (Å²) in [6.07, 6.45) is 3.75. The molecule has 0 radical (unpaired) electrons. The molecule has 4 heteroatoms. The zero-order valence-electron chi connectivity index (χ0n) is 11.2. The lowest BCUT2D eigenvalue weighted by Gasteiger charge is -2.22. The van der Waals surface area contributed by atoms with Gasteiger partial charge in [0, 0.05) is 12.6 Å². The predicted molar refractivity (Wildman–Crippen MR) is 72.3 cm³/mol. The summed E-state index contributed by atoms with van der Waals surface area (Å²) in [5, 5.41) is 13.6. The van der Waals surface area contributed by atoms with E-state index >= 15 is 0 Å². The lowest BCUT2D eigenvalue weighted by molar-refractivity contribution is 0.0942. The van der Waals surface area contributed by atoms with Crippen molar-refractivity contribution >= 4 is 0 Å². The fourth-order valence-corrected chi connectivity index (χ4v) is 3.06. The molecular weight excluding hydrogens is 242 g/mol. The van der Waals surface area contributed by atoms with E-state index in [1.54, 1.807) is 7.11 Å². The largest absolute Gasteiger partial charge is 0.497 e. The summed E-state index contributed by atoms with van der Waals surface area (Å²) in [5.41, 5.74) is 0.914. The number of nitrogens with one attached hydrogen (secondary N) is 1. The van der Waals surface area contributed by atoms with Gasteiger partial charge in [0.15, 0.2) is 0 Å². The van der Waals surface area contributed by atoms with E-state index in [-0.39, 0.29) is 0 Å². The number of ether oxygens (including phenoxy) is 2. The van der Waals surface area contributed by atoms with Crippen LogP contribution >= 0.6 is 0 Å². The van der Waals surface area contributed by atoms with Crippen LogP contribution in [0, 0.1) is 0 Å². The van der Waals surface area contributed by atoms with Crippen molar-refractivity contribution in [3.8, 4) is 5.75 Å². The van der Waals surface area contributed by atoms with Gasteiger partial charge < -0.3 is 19.9 Å². The molecule has 2 saturated heterocycles. The van der Waals surface area contributed by atoms with Crippen molar-refractivity contribution in [3.05, 3.63) is 29.8 Å². The van der Waals surface area contributed by atoms with Crippen LogP contribution < -0.4 is 10.1 Å². The monoisotopic (exact) mass is 263 g/mol. The molecule has 104 valence electrons. The quantitative estimate of drug-likeness (QED) is 0.848. The van der Waals surface area contributed by atoms with E-state index < -0.39 is 6.10 Å². The van der Waals surface area contributed by atoms with Crippen molar-refractivity contribution in [3.63, 3.8) is 0 Å². The number of rotatable bonds is 5. The Balaban J connectivity index is 1.51. The van der Waals surface area contributed by atoms with E-state index in [4.69, 9.17) is 9.47 Å². The van der Waals surface area contributed by atoms with Gasteiger partial charge >= 0.3 is 0 Å². The van der Waals surface area contributed by atoms with E-state index in [1.807, 2.05) is 24.3 Å². The van der Waals surface area contributed by atoms with Gasteiger partial charge in [-0.15, -0.1) is 0 Å². The van der Waals surface area contributed by atoms with E-state index in [0.29, 0.717) is 24.8 Å². The molecule has 4 atom stereocenters. The molecule has 3 rings (SSSR count). The summed E-state index contributed by atoms with van der Waals surface area (Å²) in [6, 6.07) is 7.97. The van der Waals surface area contributed by atoms with Crippen LogP contribution in [0.4, 0.5) is 0 Å². The molecule has 19 heavy (non-hydrogen) atoms. The molecule has 1 aromatic carbocycles. The molecule has 1 aromatic rings. The smallest absolute Gasteiger partial charge is 0.118 e. The Kier molecular flexibility index (Phi) is 3.73. The van der Waals surface area contributed by atoms with Gasteiger partial charge in [-0.25, -0.2) is 0 Å². The summed E-state index contributed by atoms with van der Waals surface area (Å²) in [6.45, 7) is 0.573. The summed E-state index contributed by atoms with van der Waals surface area (Å²) in [7, 11) is 1.64. The zero-order valence-corrected chi connectivity index (χ0v) is 11.2. The van der Waals surface area contributed by atoms with Gasteiger partial charge in [0.25, 0.3) is 0 Å². The highest BCUT2D eigenvalue weighted by molar-refractivity contribution is 5.28. The first-order chi connectivity index (χ1) is 9.26. The van der Waals surface area contributed by atoms with Crippen molar-refractivity contribution in [2.45, 2.75) is 43.6 Å². The molecule has 4 unspecified atom stereocenters. The third-order valence-electron chi connectivity index (χ3n) is 4.18. The summed E-state index contributed by atoms with van der Waals surface area (Å²) in [5.74, 6) is 0.811. The molecule has 0 aromatic heterocycles. The Morgan fingerprint density at radius 1 is 1.37 bits per heavy atom. The van der Waals surface area contributed by atoms with Crippen molar-refractivity contribution in [1.82, 2.24) is 5.32 Å². The lowest BCUT2D eigenvalue weighted by Crippen LogP contribution is -2.39. The van der Waals surface area contributed by atoms with Crippen LogP contribution in [0.3, 0.4) is 0 Å². The number of hydrogen-bond donors (Lipinski definition) is 2. The van der Waals surface area contributed by atoms with Gasteiger partial charge in [-0.2, -0.15) is 0 Å². The number of fused-ring (bicyclic) bond motifs is 2. The number of hydrogen-bond acceptors (Lipinski definition) is 4. The molecule has 2 N–H and O–H groups in total. The van der Waals surface area contributed by atoms with Gasteiger partial charge in [0.1, 0.15) is 5.75 Å². The van der Waals surface area contributed by atoms with Gasteiger partial charge in [-0.1, -0.05) is 12.1 Å². The minimum absolute atomic E-state index is 0.355. The number of aliphatic hydroxyl groups excluding tert-OH is 1. The van der Waals surface area contributed by atoms with Crippen LogP contribution in [0.2, 0.25) is 0 Å². The maximum atomic E-state index is 10.2. The molecule has 2 bridgehead atoms. The Morgan fingerprint density at radius 2 is 2.16 bits per heavy atom. The molecule has 0 saturated carbocycles. The fourth-order valence-electron chi connectivity index (χ4n) is 3.06. The molecule has 0 spiro atoms. The summed E-state index contributed by atoms with van der Waals surface area (Å²) in [4.78, 5) is 0. The molecule has 2 heterocycles. The second-order valence-electron chi connectivity index (χ2n) is 5.41. The first-order valence-corrected chi connectivity index (χ1v) is 6.97. The normalized spacial score (nSPS) is 30.5. The van der Waals surface area contributed by atoms with Crippen molar-refractivity contribution in [2.75, 3.05) is 13.7 Å². The summed E-state index contributed by atoms with van der Waals surface area (Å²) >= 11 is 0. The van der Waals surface area contributed by atoms with Crippen LogP contribution in [-0.2, 0) is 4.74 Å². The highest BCUT2D eigenvalue weighted by Gasteiger charge is 2.40. The number of benzene rings is 1. The van der Waals surface area contributed by atoms with Crippen LogP contribution in [0.25, 0.3) is 0 Å². The van der Waals surface area contributed by atoms with E-state index in [0.717, 1.165) is 24.2 Å². The molecule has 2 aliphatic heterocycles. The molecular formula is C15H21NO3. The highest BCUT2D eigenvalue weighted by atomic mass is 16.5. The van der Waals surface area contributed by atoms with Gasteiger partial charge in [-0.3, -0.25) is 0 Å². The third kappa shape index (κ3) is 2.76. The first-order valence-electron chi connectivity index (χ1n) is 6.97. The standard InChI is InChI=1S/C15H21NO3/c1-18-11-4-2-10(3-5-11)14(17)9-16-13-8-12-6-7-15(13)19-12/h2-5,12-17H,6-9H2,1H3. The third-order valence-corrected chi connectivity index (χ3v) is 4.18. The van der Waals surface area contributed by atoms with Crippen molar-refractivity contribution in [2.24, 2.45) is 0 Å².